The Hall–Kier alpha value is -0.250. The Balaban J connectivity index is 1.57. The first-order valence-corrected chi connectivity index (χ1v) is 7.38. The summed E-state index contributed by atoms with van der Waals surface area (Å²) in [6.45, 7) is 1.18. The van der Waals surface area contributed by atoms with Gasteiger partial charge >= 0.3 is 0 Å². The van der Waals surface area contributed by atoms with Crippen LogP contribution in [0.2, 0.25) is 0 Å². The molecule has 1 aromatic rings. The Morgan fingerprint density at radius 3 is 2.88 bits per heavy atom. The molecule has 2 aliphatic carbocycles. The van der Waals surface area contributed by atoms with Crippen molar-refractivity contribution in [2.24, 2.45) is 17.8 Å². The number of benzene rings is 1. The van der Waals surface area contributed by atoms with Gasteiger partial charge in [0.2, 0.25) is 0 Å². The molecule has 3 atom stereocenters. The molecule has 0 aromatic heterocycles. The summed E-state index contributed by atoms with van der Waals surface area (Å²) in [6, 6.07) is 8.68. The van der Waals surface area contributed by atoms with Crippen molar-refractivity contribution in [3.63, 3.8) is 0 Å². The third-order valence-electron chi connectivity index (χ3n) is 4.28. The normalized spacial score (nSPS) is 31.9. The van der Waals surface area contributed by atoms with Crippen molar-refractivity contribution >= 4 is 28.3 Å². The van der Waals surface area contributed by atoms with Crippen LogP contribution < -0.4 is 5.32 Å². The van der Waals surface area contributed by atoms with E-state index in [0.717, 1.165) is 17.8 Å². The molecule has 2 aliphatic rings. The van der Waals surface area contributed by atoms with Crippen molar-refractivity contribution < 1.29 is 0 Å². The van der Waals surface area contributed by atoms with Crippen molar-refractivity contribution in [2.45, 2.75) is 25.7 Å². The van der Waals surface area contributed by atoms with Gasteiger partial charge in [0.25, 0.3) is 0 Å². The average molecular weight is 327 g/mol. The van der Waals surface area contributed by atoms with Gasteiger partial charge in [-0.2, -0.15) is 0 Å². The fourth-order valence-electron chi connectivity index (χ4n) is 3.47. The summed E-state index contributed by atoms with van der Waals surface area (Å²) in [7, 11) is 0. The highest BCUT2D eigenvalue weighted by atomic mass is 127. The smallest absolute Gasteiger partial charge is 0.0350 e. The van der Waals surface area contributed by atoms with E-state index in [2.05, 4.69) is 52.2 Å². The number of anilines is 1. The van der Waals surface area contributed by atoms with Gasteiger partial charge in [-0.3, -0.25) is 0 Å². The maximum absolute atomic E-state index is 3.61. The monoisotopic (exact) mass is 327 g/mol. The SMILES string of the molecule is Ic1cccc(NCC2CC3CCC2C3)c1. The van der Waals surface area contributed by atoms with Crippen LogP contribution >= 0.6 is 22.6 Å². The van der Waals surface area contributed by atoms with E-state index in [1.54, 1.807) is 0 Å². The fraction of sp³-hybridized carbons (Fsp3) is 0.571. The number of nitrogens with one attached hydrogen (secondary N) is 1. The van der Waals surface area contributed by atoms with Crippen molar-refractivity contribution in [1.29, 1.82) is 0 Å². The molecule has 86 valence electrons. The van der Waals surface area contributed by atoms with Gasteiger partial charge in [0.05, 0.1) is 0 Å². The maximum Gasteiger partial charge on any atom is 0.0350 e. The van der Waals surface area contributed by atoms with Gasteiger partial charge in [-0.05, 0) is 77.8 Å². The minimum Gasteiger partial charge on any atom is -0.385 e. The van der Waals surface area contributed by atoms with Crippen LogP contribution in [0.4, 0.5) is 5.69 Å². The predicted octanol–water partition coefficient (Wildman–Crippen LogP) is 4.14. The van der Waals surface area contributed by atoms with E-state index in [-0.39, 0.29) is 0 Å². The molecule has 16 heavy (non-hydrogen) atoms. The van der Waals surface area contributed by atoms with E-state index in [0.29, 0.717) is 0 Å². The average Bonchev–Trinajstić information content (AvgIpc) is 2.88. The lowest BCUT2D eigenvalue weighted by molar-refractivity contribution is 0.348. The van der Waals surface area contributed by atoms with Crippen molar-refractivity contribution in [1.82, 2.24) is 0 Å². The van der Waals surface area contributed by atoms with Gasteiger partial charge < -0.3 is 5.32 Å². The highest BCUT2D eigenvalue weighted by Gasteiger charge is 2.38. The van der Waals surface area contributed by atoms with Gasteiger partial charge in [-0.1, -0.05) is 12.5 Å². The van der Waals surface area contributed by atoms with Crippen molar-refractivity contribution in [2.75, 3.05) is 11.9 Å². The molecule has 1 nitrogen and oxygen atoms in total. The topological polar surface area (TPSA) is 12.0 Å². The second-order valence-electron chi connectivity index (χ2n) is 5.33. The zero-order valence-corrected chi connectivity index (χ0v) is 11.6. The van der Waals surface area contributed by atoms with E-state index in [1.807, 2.05) is 0 Å². The Labute approximate surface area is 111 Å². The number of hydrogen-bond donors (Lipinski definition) is 1. The fourth-order valence-corrected chi connectivity index (χ4v) is 4.02. The second kappa shape index (κ2) is 4.55. The van der Waals surface area contributed by atoms with Gasteiger partial charge in [0.1, 0.15) is 0 Å². The molecule has 2 fully saturated rings. The minimum atomic E-state index is 0.941. The van der Waals surface area contributed by atoms with E-state index >= 15 is 0 Å². The number of hydrogen-bond acceptors (Lipinski definition) is 1. The van der Waals surface area contributed by atoms with Gasteiger partial charge in [0.15, 0.2) is 0 Å². The molecular weight excluding hydrogens is 309 g/mol. The highest BCUT2D eigenvalue weighted by molar-refractivity contribution is 14.1. The van der Waals surface area contributed by atoms with Crippen LogP contribution in [0.25, 0.3) is 0 Å². The molecule has 3 rings (SSSR count). The highest BCUT2D eigenvalue weighted by Crippen LogP contribution is 2.48. The van der Waals surface area contributed by atoms with E-state index in [1.165, 1.54) is 41.5 Å². The quantitative estimate of drug-likeness (QED) is 0.823. The Bertz CT molecular complexity index is 377. The molecule has 1 N–H and O–H groups in total. The third kappa shape index (κ3) is 2.22. The first kappa shape index (κ1) is 10.9. The van der Waals surface area contributed by atoms with Crippen LogP contribution in [0.15, 0.2) is 24.3 Å². The molecule has 0 radical (unpaired) electrons. The molecule has 0 aliphatic heterocycles. The van der Waals surface area contributed by atoms with E-state index < -0.39 is 0 Å². The lowest BCUT2D eigenvalue weighted by atomic mass is 9.89. The lowest BCUT2D eigenvalue weighted by Gasteiger charge is -2.22. The molecule has 0 saturated heterocycles. The largest absolute Gasteiger partial charge is 0.385 e. The zero-order chi connectivity index (χ0) is 11.0. The van der Waals surface area contributed by atoms with Crippen LogP contribution in [0, 0.1) is 21.3 Å². The molecule has 0 amide bonds. The number of halogens is 1. The van der Waals surface area contributed by atoms with Crippen molar-refractivity contribution in [3.8, 4) is 0 Å². The van der Waals surface area contributed by atoms with E-state index in [4.69, 9.17) is 0 Å². The first-order valence-electron chi connectivity index (χ1n) is 6.30. The standard InChI is InChI=1S/C14H18IN/c15-13-2-1-3-14(8-13)16-9-12-7-10-4-5-11(12)6-10/h1-3,8,10-12,16H,4-7,9H2. The Kier molecular flexibility index (Phi) is 3.09. The molecule has 2 bridgehead atoms. The zero-order valence-electron chi connectivity index (χ0n) is 9.45. The summed E-state index contributed by atoms with van der Waals surface area (Å²) in [5.74, 6) is 3.03. The Morgan fingerprint density at radius 2 is 2.19 bits per heavy atom. The minimum absolute atomic E-state index is 0.941. The molecule has 0 spiro atoms. The van der Waals surface area contributed by atoms with Crippen LogP contribution in [-0.4, -0.2) is 6.54 Å². The Morgan fingerprint density at radius 1 is 1.25 bits per heavy atom. The van der Waals surface area contributed by atoms with Gasteiger partial charge in [-0.15, -0.1) is 0 Å². The molecule has 2 saturated carbocycles. The van der Waals surface area contributed by atoms with Crippen LogP contribution in [0.3, 0.4) is 0 Å². The molecule has 0 heterocycles. The van der Waals surface area contributed by atoms with Crippen LogP contribution in [0.1, 0.15) is 25.7 Å². The summed E-state index contributed by atoms with van der Waals surface area (Å²) in [6.07, 6.45) is 5.98. The summed E-state index contributed by atoms with van der Waals surface area (Å²) in [5, 5.41) is 3.61. The maximum atomic E-state index is 3.61. The van der Waals surface area contributed by atoms with Crippen LogP contribution in [0.5, 0.6) is 0 Å². The van der Waals surface area contributed by atoms with Crippen molar-refractivity contribution in [3.05, 3.63) is 27.8 Å². The molecule has 2 heteroatoms. The second-order valence-corrected chi connectivity index (χ2v) is 6.57. The lowest BCUT2D eigenvalue weighted by Crippen LogP contribution is -2.20. The third-order valence-corrected chi connectivity index (χ3v) is 4.95. The summed E-state index contributed by atoms with van der Waals surface area (Å²) in [4.78, 5) is 0. The van der Waals surface area contributed by atoms with Gasteiger partial charge in [0, 0.05) is 15.8 Å². The molecule has 1 aromatic carbocycles. The predicted molar refractivity (Wildman–Crippen MR) is 76.6 cm³/mol. The molecular formula is C14H18IN. The summed E-state index contributed by atoms with van der Waals surface area (Å²) >= 11 is 2.37. The first-order chi connectivity index (χ1) is 7.81. The summed E-state index contributed by atoms with van der Waals surface area (Å²) in [5.41, 5.74) is 1.29. The number of fused-ring (bicyclic) bond motifs is 2. The van der Waals surface area contributed by atoms with E-state index in [9.17, 15) is 0 Å². The number of rotatable bonds is 3. The molecule has 3 unspecified atom stereocenters. The van der Waals surface area contributed by atoms with Crippen LogP contribution in [-0.2, 0) is 0 Å². The summed E-state index contributed by atoms with van der Waals surface area (Å²) < 4.78 is 1.32. The van der Waals surface area contributed by atoms with Gasteiger partial charge in [-0.25, -0.2) is 0 Å².